The zero-order chi connectivity index (χ0) is 18.0. The van der Waals surface area contributed by atoms with Crippen LogP contribution < -0.4 is 4.74 Å². The summed E-state index contributed by atoms with van der Waals surface area (Å²) in [7, 11) is 0. The van der Waals surface area contributed by atoms with Crippen molar-refractivity contribution in [2.45, 2.75) is 6.18 Å². The standard InChI is InChI=1S/C16H8Cl2F3N3O/c17-12-2-1-10(8-11(12)16(19,20)21)25-15-23-6-4-13(24-15)9-3-5-22-14(18)7-9/h1-8H. The van der Waals surface area contributed by atoms with E-state index in [4.69, 9.17) is 27.9 Å². The molecule has 3 aromatic rings. The summed E-state index contributed by atoms with van der Waals surface area (Å²) in [5.41, 5.74) is 0.155. The van der Waals surface area contributed by atoms with Crippen molar-refractivity contribution in [2.75, 3.05) is 0 Å². The van der Waals surface area contributed by atoms with Crippen LogP contribution in [0, 0.1) is 0 Å². The predicted octanol–water partition coefficient (Wildman–Crippen LogP) is 5.66. The molecule has 0 spiro atoms. The van der Waals surface area contributed by atoms with E-state index in [1.165, 1.54) is 18.5 Å². The third-order valence-electron chi connectivity index (χ3n) is 3.11. The molecule has 0 N–H and O–H groups in total. The van der Waals surface area contributed by atoms with E-state index in [1.54, 1.807) is 18.2 Å². The monoisotopic (exact) mass is 385 g/mol. The van der Waals surface area contributed by atoms with Gasteiger partial charge >= 0.3 is 12.2 Å². The molecule has 1 aromatic carbocycles. The first-order valence-electron chi connectivity index (χ1n) is 6.82. The summed E-state index contributed by atoms with van der Waals surface area (Å²) in [6.45, 7) is 0. The molecule has 0 aliphatic heterocycles. The first-order valence-corrected chi connectivity index (χ1v) is 7.58. The van der Waals surface area contributed by atoms with Gasteiger partial charge in [-0.15, -0.1) is 0 Å². The summed E-state index contributed by atoms with van der Waals surface area (Å²) in [4.78, 5) is 11.9. The van der Waals surface area contributed by atoms with E-state index in [1.807, 2.05) is 0 Å². The van der Waals surface area contributed by atoms with E-state index in [2.05, 4.69) is 15.0 Å². The number of rotatable bonds is 3. The molecule has 128 valence electrons. The average Bonchev–Trinajstić information content (AvgIpc) is 2.56. The third kappa shape index (κ3) is 4.18. The second-order valence-corrected chi connectivity index (χ2v) is 5.63. The van der Waals surface area contributed by atoms with Gasteiger partial charge in [0, 0.05) is 18.0 Å². The topological polar surface area (TPSA) is 47.9 Å². The SMILES string of the molecule is FC(F)(F)c1cc(Oc2nccc(-c3ccnc(Cl)c3)n2)ccc1Cl. The molecule has 0 fully saturated rings. The van der Waals surface area contributed by atoms with E-state index in [9.17, 15) is 13.2 Å². The van der Waals surface area contributed by atoms with E-state index in [-0.39, 0.29) is 16.9 Å². The Balaban J connectivity index is 1.91. The van der Waals surface area contributed by atoms with Gasteiger partial charge in [0.15, 0.2) is 0 Å². The molecule has 2 heterocycles. The van der Waals surface area contributed by atoms with Crippen molar-refractivity contribution in [1.29, 1.82) is 0 Å². The summed E-state index contributed by atoms with van der Waals surface area (Å²) in [5.74, 6) is -0.0818. The minimum absolute atomic E-state index is 0.0818. The van der Waals surface area contributed by atoms with Crippen LogP contribution >= 0.6 is 23.2 Å². The Hall–Kier alpha value is -2.38. The van der Waals surface area contributed by atoms with Gasteiger partial charge in [0.2, 0.25) is 0 Å². The number of benzene rings is 1. The van der Waals surface area contributed by atoms with E-state index < -0.39 is 16.8 Å². The zero-order valence-electron chi connectivity index (χ0n) is 12.3. The maximum atomic E-state index is 12.9. The van der Waals surface area contributed by atoms with Gasteiger partial charge in [-0.25, -0.2) is 9.97 Å². The lowest BCUT2D eigenvalue weighted by atomic mass is 10.2. The third-order valence-corrected chi connectivity index (χ3v) is 3.64. The van der Waals surface area contributed by atoms with E-state index in [0.29, 0.717) is 11.3 Å². The van der Waals surface area contributed by atoms with Crippen LogP contribution in [0.2, 0.25) is 10.2 Å². The molecule has 9 heteroatoms. The molecule has 0 atom stereocenters. The fourth-order valence-electron chi connectivity index (χ4n) is 2.00. The minimum Gasteiger partial charge on any atom is -0.424 e. The van der Waals surface area contributed by atoms with Crippen LogP contribution in [0.3, 0.4) is 0 Å². The van der Waals surface area contributed by atoms with Gasteiger partial charge in [-0.3, -0.25) is 0 Å². The average molecular weight is 386 g/mol. The second kappa shape index (κ2) is 6.85. The van der Waals surface area contributed by atoms with Gasteiger partial charge in [-0.2, -0.15) is 18.2 Å². The van der Waals surface area contributed by atoms with Crippen LogP contribution in [-0.2, 0) is 6.18 Å². The zero-order valence-corrected chi connectivity index (χ0v) is 13.8. The molecule has 4 nitrogen and oxygen atoms in total. The van der Waals surface area contributed by atoms with Crippen molar-refractivity contribution in [2.24, 2.45) is 0 Å². The Morgan fingerprint density at radius 3 is 2.40 bits per heavy atom. The van der Waals surface area contributed by atoms with Gasteiger partial charge in [0.25, 0.3) is 0 Å². The quantitative estimate of drug-likeness (QED) is 0.546. The molecule has 0 bridgehead atoms. The highest BCUT2D eigenvalue weighted by Gasteiger charge is 2.33. The molecule has 25 heavy (non-hydrogen) atoms. The van der Waals surface area contributed by atoms with Crippen molar-refractivity contribution < 1.29 is 17.9 Å². The van der Waals surface area contributed by atoms with Crippen LogP contribution in [0.5, 0.6) is 11.8 Å². The summed E-state index contributed by atoms with van der Waals surface area (Å²) in [6, 6.07) is 7.98. The van der Waals surface area contributed by atoms with Crippen LogP contribution in [0.15, 0.2) is 48.8 Å². The summed E-state index contributed by atoms with van der Waals surface area (Å²) < 4.78 is 44.0. The number of ether oxygens (including phenoxy) is 1. The lowest BCUT2D eigenvalue weighted by Gasteiger charge is -2.11. The van der Waals surface area contributed by atoms with Crippen molar-refractivity contribution >= 4 is 23.2 Å². The molecule has 0 radical (unpaired) electrons. The summed E-state index contributed by atoms with van der Waals surface area (Å²) in [6.07, 6.45) is -1.66. The molecular formula is C16H8Cl2F3N3O. The molecule has 2 aromatic heterocycles. The van der Waals surface area contributed by atoms with Gasteiger partial charge in [0.05, 0.1) is 16.3 Å². The van der Waals surface area contributed by atoms with Crippen molar-refractivity contribution in [3.05, 3.63) is 64.5 Å². The highest BCUT2D eigenvalue weighted by molar-refractivity contribution is 6.31. The largest absolute Gasteiger partial charge is 0.424 e. The first-order chi connectivity index (χ1) is 11.8. The van der Waals surface area contributed by atoms with Gasteiger partial charge in [0.1, 0.15) is 10.9 Å². The number of pyridine rings is 1. The Bertz CT molecular complexity index is 919. The lowest BCUT2D eigenvalue weighted by Crippen LogP contribution is -2.06. The molecular weight excluding hydrogens is 378 g/mol. The van der Waals surface area contributed by atoms with Crippen LogP contribution in [0.25, 0.3) is 11.3 Å². The Labute approximate surface area is 150 Å². The lowest BCUT2D eigenvalue weighted by molar-refractivity contribution is -0.137. The molecule has 3 rings (SSSR count). The number of hydrogen-bond acceptors (Lipinski definition) is 4. The first kappa shape index (κ1) is 17.4. The van der Waals surface area contributed by atoms with E-state index >= 15 is 0 Å². The number of nitrogens with zero attached hydrogens (tertiary/aromatic N) is 3. The van der Waals surface area contributed by atoms with Crippen molar-refractivity contribution in [3.63, 3.8) is 0 Å². The molecule has 0 saturated heterocycles. The summed E-state index contributed by atoms with van der Waals surface area (Å²) >= 11 is 11.4. The number of alkyl halides is 3. The predicted molar refractivity (Wildman–Crippen MR) is 86.8 cm³/mol. The summed E-state index contributed by atoms with van der Waals surface area (Å²) in [5, 5.41) is -0.132. The Kier molecular flexibility index (Phi) is 4.78. The highest BCUT2D eigenvalue weighted by atomic mass is 35.5. The van der Waals surface area contributed by atoms with Gasteiger partial charge in [-0.1, -0.05) is 23.2 Å². The maximum Gasteiger partial charge on any atom is 0.417 e. The molecule has 0 unspecified atom stereocenters. The smallest absolute Gasteiger partial charge is 0.417 e. The fraction of sp³-hybridized carbons (Fsp3) is 0.0625. The van der Waals surface area contributed by atoms with Gasteiger partial charge < -0.3 is 4.74 Å². The van der Waals surface area contributed by atoms with Crippen molar-refractivity contribution in [3.8, 4) is 23.0 Å². The minimum atomic E-state index is -4.59. The molecule has 0 aliphatic rings. The number of hydrogen-bond donors (Lipinski definition) is 0. The molecule has 0 saturated carbocycles. The van der Waals surface area contributed by atoms with E-state index in [0.717, 1.165) is 12.1 Å². The van der Waals surface area contributed by atoms with Crippen molar-refractivity contribution in [1.82, 2.24) is 15.0 Å². The Morgan fingerprint density at radius 1 is 0.920 bits per heavy atom. The Morgan fingerprint density at radius 2 is 1.68 bits per heavy atom. The number of halogens is 5. The van der Waals surface area contributed by atoms with Crippen LogP contribution in [0.1, 0.15) is 5.56 Å². The number of aromatic nitrogens is 3. The fourth-order valence-corrected chi connectivity index (χ4v) is 2.40. The highest BCUT2D eigenvalue weighted by Crippen LogP contribution is 2.37. The molecule has 0 aliphatic carbocycles. The second-order valence-electron chi connectivity index (χ2n) is 4.83. The molecule has 0 amide bonds. The maximum absolute atomic E-state index is 12.9. The van der Waals surface area contributed by atoms with Crippen LogP contribution in [-0.4, -0.2) is 15.0 Å². The normalized spacial score (nSPS) is 11.4. The van der Waals surface area contributed by atoms with Gasteiger partial charge in [-0.05, 0) is 36.4 Å². The van der Waals surface area contributed by atoms with Crippen LogP contribution in [0.4, 0.5) is 13.2 Å².